The molecule has 0 saturated heterocycles. The Balaban J connectivity index is 2.80. The third-order valence-electron chi connectivity index (χ3n) is 3.03. The van der Waals surface area contributed by atoms with E-state index in [-0.39, 0.29) is 18.6 Å². The van der Waals surface area contributed by atoms with E-state index in [2.05, 4.69) is 5.32 Å². The Kier molecular flexibility index (Phi) is 6.49. The third-order valence-corrected chi connectivity index (χ3v) is 3.03. The van der Waals surface area contributed by atoms with Crippen LogP contribution in [0, 0.1) is 11.7 Å². The van der Waals surface area contributed by atoms with Crippen molar-refractivity contribution in [1.29, 1.82) is 0 Å². The smallest absolute Gasteiger partial charge is 0.326 e. The molecule has 0 fully saturated rings. The summed E-state index contributed by atoms with van der Waals surface area (Å²) in [7, 11) is 0. The number of amides is 1. The number of carbonyl (C=O) groups is 3. The van der Waals surface area contributed by atoms with Gasteiger partial charge in [-0.3, -0.25) is 9.59 Å². The molecular formula is C15H18FNO5. The Bertz CT molecular complexity index is 561. The van der Waals surface area contributed by atoms with Crippen LogP contribution in [-0.2, 0) is 14.3 Å². The van der Waals surface area contributed by atoms with Crippen LogP contribution in [0.15, 0.2) is 24.3 Å². The van der Waals surface area contributed by atoms with Gasteiger partial charge >= 0.3 is 11.9 Å². The molecule has 0 aliphatic carbocycles. The lowest BCUT2D eigenvalue weighted by Crippen LogP contribution is -2.46. The van der Waals surface area contributed by atoms with E-state index in [1.807, 2.05) is 0 Å². The molecular weight excluding hydrogens is 293 g/mol. The van der Waals surface area contributed by atoms with Crippen LogP contribution < -0.4 is 5.32 Å². The number of esters is 1. The molecule has 7 heteroatoms. The van der Waals surface area contributed by atoms with Crippen LogP contribution in [0.3, 0.4) is 0 Å². The van der Waals surface area contributed by atoms with Crippen LogP contribution >= 0.6 is 0 Å². The molecule has 0 unspecified atom stereocenters. The van der Waals surface area contributed by atoms with Gasteiger partial charge in [0.1, 0.15) is 11.9 Å². The van der Waals surface area contributed by atoms with Crippen molar-refractivity contribution in [3.63, 3.8) is 0 Å². The van der Waals surface area contributed by atoms with Gasteiger partial charge in [0, 0.05) is 0 Å². The van der Waals surface area contributed by atoms with E-state index < -0.39 is 35.6 Å². The number of ether oxygens (including phenoxy) is 1. The van der Waals surface area contributed by atoms with E-state index in [9.17, 15) is 23.9 Å². The lowest BCUT2D eigenvalue weighted by molar-refractivity contribution is -0.145. The number of carboxylic acids is 1. The van der Waals surface area contributed by atoms with Gasteiger partial charge in [-0.05, 0) is 25.0 Å². The minimum Gasteiger partial charge on any atom is -0.480 e. The van der Waals surface area contributed by atoms with Gasteiger partial charge < -0.3 is 15.2 Å². The minimum atomic E-state index is -1.32. The van der Waals surface area contributed by atoms with Crippen molar-refractivity contribution in [3.05, 3.63) is 35.6 Å². The van der Waals surface area contributed by atoms with Crippen molar-refractivity contribution < 1.29 is 28.6 Å². The summed E-state index contributed by atoms with van der Waals surface area (Å²) in [5.74, 6) is -4.15. The molecule has 0 aliphatic heterocycles. The van der Waals surface area contributed by atoms with Crippen LogP contribution in [0.4, 0.5) is 4.39 Å². The third kappa shape index (κ3) is 4.83. The molecule has 0 spiro atoms. The van der Waals surface area contributed by atoms with Gasteiger partial charge in [-0.15, -0.1) is 0 Å². The summed E-state index contributed by atoms with van der Waals surface area (Å²) >= 11 is 0. The molecule has 22 heavy (non-hydrogen) atoms. The Labute approximate surface area is 127 Å². The largest absolute Gasteiger partial charge is 0.480 e. The summed E-state index contributed by atoms with van der Waals surface area (Å²) in [6.45, 7) is 3.32. The highest BCUT2D eigenvalue weighted by Gasteiger charge is 2.29. The molecule has 0 aliphatic rings. The molecule has 2 atom stereocenters. The maximum absolute atomic E-state index is 13.5. The van der Waals surface area contributed by atoms with E-state index in [0.29, 0.717) is 0 Å². The normalized spacial score (nSPS) is 13.0. The summed E-state index contributed by atoms with van der Waals surface area (Å²) < 4.78 is 18.3. The van der Waals surface area contributed by atoms with Crippen molar-refractivity contribution in [2.24, 2.45) is 5.92 Å². The number of benzene rings is 1. The number of carbonyl (C=O) groups excluding carboxylic acids is 2. The van der Waals surface area contributed by atoms with E-state index >= 15 is 0 Å². The molecule has 2 N–H and O–H groups in total. The van der Waals surface area contributed by atoms with E-state index in [4.69, 9.17) is 4.74 Å². The van der Waals surface area contributed by atoms with Crippen LogP contribution in [0.1, 0.15) is 30.6 Å². The second-order valence-corrected chi connectivity index (χ2v) is 4.76. The van der Waals surface area contributed by atoms with E-state index in [0.717, 1.165) is 6.07 Å². The molecule has 1 rings (SSSR count). The molecule has 0 aromatic heterocycles. The number of hydrogen-bond acceptors (Lipinski definition) is 4. The van der Waals surface area contributed by atoms with Crippen molar-refractivity contribution in [3.8, 4) is 0 Å². The molecule has 0 saturated carbocycles. The summed E-state index contributed by atoms with van der Waals surface area (Å²) in [6.07, 6.45) is -0.164. The zero-order valence-corrected chi connectivity index (χ0v) is 12.3. The van der Waals surface area contributed by atoms with Crippen LogP contribution in [0.2, 0.25) is 0 Å². The minimum absolute atomic E-state index is 0.164. The van der Waals surface area contributed by atoms with E-state index in [1.54, 1.807) is 6.92 Å². The summed E-state index contributed by atoms with van der Waals surface area (Å²) in [5.41, 5.74) is -0.253. The van der Waals surface area contributed by atoms with Gasteiger partial charge in [0.25, 0.3) is 5.91 Å². The first kappa shape index (κ1) is 17.6. The predicted molar refractivity (Wildman–Crippen MR) is 75.7 cm³/mol. The van der Waals surface area contributed by atoms with Crippen LogP contribution in [-0.4, -0.2) is 35.6 Å². The van der Waals surface area contributed by atoms with Crippen molar-refractivity contribution >= 4 is 17.8 Å². The van der Waals surface area contributed by atoms with Crippen molar-refractivity contribution in [2.75, 3.05) is 6.61 Å². The maximum atomic E-state index is 13.5. The zero-order chi connectivity index (χ0) is 16.7. The monoisotopic (exact) mass is 311 g/mol. The second-order valence-electron chi connectivity index (χ2n) is 4.76. The molecule has 0 heterocycles. The zero-order valence-electron chi connectivity index (χ0n) is 12.3. The molecule has 1 aromatic rings. The fraction of sp³-hybridized carbons (Fsp3) is 0.400. The van der Waals surface area contributed by atoms with Crippen LogP contribution in [0.5, 0.6) is 0 Å². The summed E-state index contributed by atoms with van der Waals surface area (Å²) in [4.78, 5) is 34.6. The van der Waals surface area contributed by atoms with E-state index in [1.165, 1.54) is 25.1 Å². The first-order valence-electron chi connectivity index (χ1n) is 6.80. The first-order valence-corrected chi connectivity index (χ1v) is 6.80. The van der Waals surface area contributed by atoms with Gasteiger partial charge in [-0.2, -0.15) is 0 Å². The fourth-order valence-electron chi connectivity index (χ4n) is 1.91. The van der Waals surface area contributed by atoms with Gasteiger partial charge in [-0.25, -0.2) is 9.18 Å². The fourth-order valence-corrected chi connectivity index (χ4v) is 1.91. The predicted octanol–water partition coefficient (Wildman–Crippen LogP) is 1.60. The van der Waals surface area contributed by atoms with Crippen LogP contribution in [0.25, 0.3) is 0 Å². The summed E-state index contributed by atoms with van der Waals surface area (Å²) in [5, 5.41) is 11.4. The molecule has 1 aromatic carbocycles. The Morgan fingerprint density at radius 1 is 1.32 bits per heavy atom. The molecule has 120 valence electrons. The SMILES string of the molecule is CCOC(=O)C[C@@H](C)[C@H](NC(=O)c1ccccc1F)C(=O)O. The Hall–Kier alpha value is -2.44. The highest BCUT2D eigenvalue weighted by molar-refractivity contribution is 5.96. The molecule has 0 bridgehead atoms. The summed E-state index contributed by atoms with van der Waals surface area (Å²) in [6, 6.07) is 3.92. The molecule has 0 radical (unpaired) electrons. The first-order chi connectivity index (χ1) is 10.4. The highest BCUT2D eigenvalue weighted by Crippen LogP contribution is 2.12. The average molecular weight is 311 g/mol. The maximum Gasteiger partial charge on any atom is 0.326 e. The van der Waals surface area contributed by atoms with Gasteiger partial charge in [0.05, 0.1) is 18.6 Å². The second kappa shape index (κ2) is 8.11. The molecule has 1 amide bonds. The van der Waals surface area contributed by atoms with Gasteiger partial charge in [0.15, 0.2) is 0 Å². The van der Waals surface area contributed by atoms with Crippen molar-refractivity contribution in [1.82, 2.24) is 5.32 Å². The average Bonchev–Trinajstić information content (AvgIpc) is 2.44. The quantitative estimate of drug-likeness (QED) is 0.746. The molecule has 6 nitrogen and oxygen atoms in total. The number of aliphatic carboxylic acids is 1. The Morgan fingerprint density at radius 3 is 2.50 bits per heavy atom. The number of halogens is 1. The Morgan fingerprint density at radius 2 is 1.95 bits per heavy atom. The van der Waals surface area contributed by atoms with Gasteiger partial charge in [0.2, 0.25) is 0 Å². The highest BCUT2D eigenvalue weighted by atomic mass is 19.1. The van der Waals surface area contributed by atoms with Crippen molar-refractivity contribution in [2.45, 2.75) is 26.3 Å². The standard InChI is InChI=1S/C15H18FNO5/c1-3-22-12(18)8-9(2)13(15(20)21)17-14(19)10-6-4-5-7-11(10)16/h4-7,9,13H,3,8H2,1-2H3,(H,17,19)(H,20,21)/t9-,13+/m1/s1. The lowest BCUT2D eigenvalue weighted by atomic mass is 9.98. The lowest BCUT2D eigenvalue weighted by Gasteiger charge is -2.20. The number of hydrogen-bond donors (Lipinski definition) is 2. The number of nitrogens with one attached hydrogen (secondary N) is 1. The topological polar surface area (TPSA) is 92.7 Å². The van der Waals surface area contributed by atoms with Gasteiger partial charge in [-0.1, -0.05) is 19.1 Å². The number of carboxylic acid groups (broad SMARTS) is 1. The number of rotatable bonds is 7.